The Kier molecular flexibility index (Phi) is 5.08. The summed E-state index contributed by atoms with van der Waals surface area (Å²) in [6, 6.07) is 1.32. The van der Waals surface area contributed by atoms with Gasteiger partial charge >= 0.3 is 5.97 Å². The molecule has 0 spiro atoms. The first kappa shape index (κ1) is 15.8. The summed E-state index contributed by atoms with van der Waals surface area (Å²) in [5.74, 6) is 0.466. The zero-order chi connectivity index (χ0) is 14.8. The van der Waals surface area contributed by atoms with Crippen molar-refractivity contribution in [2.24, 2.45) is 5.92 Å². The van der Waals surface area contributed by atoms with Crippen LogP contribution in [-0.4, -0.2) is 48.7 Å². The van der Waals surface area contributed by atoms with E-state index in [-0.39, 0.29) is 5.97 Å². The number of nitrogens with zero attached hydrogens (tertiary/aromatic N) is 1. The van der Waals surface area contributed by atoms with Crippen molar-refractivity contribution in [3.8, 4) is 0 Å². The number of esters is 1. The summed E-state index contributed by atoms with van der Waals surface area (Å²) < 4.78 is 4.92. The van der Waals surface area contributed by atoms with Crippen LogP contribution in [0.2, 0.25) is 0 Å². The van der Waals surface area contributed by atoms with Gasteiger partial charge in [0.25, 0.3) is 0 Å². The maximum Gasteiger partial charge on any atom is 0.325 e. The topological polar surface area (TPSA) is 41.6 Å². The molecule has 2 saturated heterocycles. The molecule has 2 fully saturated rings. The van der Waals surface area contributed by atoms with Gasteiger partial charge in [-0.3, -0.25) is 9.69 Å². The minimum absolute atomic E-state index is 0.121. The normalized spacial score (nSPS) is 35.5. The number of ether oxygens (including phenoxy) is 1. The largest absolute Gasteiger partial charge is 0.468 e. The lowest BCUT2D eigenvalue weighted by Crippen LogP contribution is -2.45. The van der Waals surface area contributed by atoms with Gasteiger partial charge in [0.1, 0.15) is 5.54 Å². The van der Waals surface area contributed by atoms with Crippen molar-refractivity contribution in [2.75, 3.05) is 20.2 Å². The third kappa shape index (κ3) is 3.34. The van der Waals surface area contributed by atoms with Crippen LogP contribution in [0, 0.1) is 5.92 Å². The van der Waals surface area contributed by atoms with E-state index in [2.05, 4.69) is 24.1 Å². The van der Waals surface area contributed by atoms with Gasteiger partial charge in [0.15, 0.2) is 0 Å². The minimum atomic E-state index is -0.475. The summed E-state index contributed by atoms with van der Waals surface area (Å²) in [6.07, 6.45) is 6.10. The molecule has 0 aliphatic carbocycles. The lowest BCUT2D eigenvalue weighted by molar-refractivity contribution is -0.147. The number of rotatable bonds is 4. The molecule has 4 heteroatoms. The van der Waals surface area contributed by atoms with E-state index in [9.17, 15) is 4.79 Å². The van der Waals surface area contributed by atoms with Crippen LogP contribution < -0.4 is 5.32 Å². The van der Waals surface area contributed by atoms with Gasteiger partial charge in [-0.2, -0.15) is 0 Å². The van der Waals surface area contributed by atoms with Crippen LogP contribution in [-0.2, 0) is 9.53 Å². The van der Waals surface area contributed by atoms with Gasteiger partial charge in [-0.1, -0.05) is 6.42 Å². The second-order valence-corrected chi connectivity index (χ2v) is 6.99. The van der Waals surface area contributed by atoms with Crippen molar-refractivity contribution in [1.82, 2.24) is 10.2 Å². The Morgan fingerprint density at radius 1 is 1.45 bits per heavy atom. The Balaban J connectivity index is 1.92. The van der Waals surface area contributed by atoms with Gasteiger partial charge in [0.05, 0.1) is 7.11 Å². The molecule has 4 nitrogen and oxygen atoms in total. The van der Waals surface area contributed by atoms with Gasteiger partial charge < -0.3 is 10.1 Å². The van der Waals surface area contributed by atoms with Crippen molar-refractivity contribution in [3.05, 3.63) is 0 Å². The summed E-state index contributed by atoms with van der Waals surface area (Å²) in [6.45, 7) is 8.73. The molecule has 0 aromatic heterocycles. The summed E-state index contributed by atoms with van der Waals surface area (Å²) in [5.41, 5.74) is -0.475. The Morgan fingerprint density at radius 2 is 2.20 bits per heavy atom. The number of likely N-dealkylation sites (tertiary alicyclic amines) is 1. The highest BCUT2D eigenvalue weighted by molar-refractivity contribution is 5.80. The molecular weight excluding hydrogens is 252 g/mol. The number of carbonyl (C=O) groups excluding carboxylic acids is 1. The molecule has 3 atom stereocenters. The highest BCUT2D eigenvalue weighted by Gasteiger charge is 2.43. The summed E-state index contributed by atoms with van der Waals surface area (Å²) in [5, 5.41) is 3.37. The fourth-order valence-corrected chi connectivity index (χ4v) is 3.98. The summed E-state index contributed by atoms with van der Waals surface area (Å²) >= 11 is 0. The van der Waals surface area contributed by atoms with E-state index in [0.717, 1.165) is 13.0 Å². The molecule has 0 aromatic rings. The van der Waals surface area contributed by atoms with E-state index in [0.29, 0.717) is 18.0 Å². The summed E-state index contributed by atoms with van der Waals surface area (Å²) in [7, 11) is 1.48. The maximum absolute atomic E-state index is 11.9. The molecule has 0 bridgehead atoms. The van der Waals surface area contributed by atoms with Gasteiger partial charge in [0.2, 0.25) is 0 Å². The predicted molar refractivity (Wildman–Crippen MR) is 80.6 cm³/mol. The first-order valence-electron chi connectivity index (χ1n) is 8.05. The van der Waals surface area contributed by atoms with Crippen molar-refractivity contribution < 1.29 is 9.53 Å². The number of carbonyl (C=O) groups is 1. The van der Waals surface area contributed by atoms with E-state index in [4.69, 9.17) is 4.74 Å². The van der Waals surface area contributed by atoms with E-state index in [1.807, 2.05) is 6.92 Å². The van der Waals surface area contributed by atoms with Crippen LogP contribution in [0.5, 0.6) is 0 Å². The zero-order valence-corrected chi connectivity index (χ0v) is 13.4. The number of hydrogen-bond acceptors (Lipinski definition) is 4. The molecule has 0 amide bonds. The third-order valence-corrected chi connectivity index (χ3v) is 5.06. The number of hydrogen-bond donors (Lipinski definition) is 1. The van der Waals surface area contributed by atoms with Crippen molar-refractivity contribution in [2.45, 2.75) is 70.5 Å². The fraction of sp³-hybridized carbons (Fsp3) is 0.938. The Bertz CT molecular complexity index is 345. The molecule has 2 rings (SSSR count). The van der Waals surface area contributed by atoms with E-state index in [1.54, 1.807) is 0 Å². The van der Waals surface area contributed by atoms with Crippen molar-refractivity contribution in [1.29, 1.82) is 0 Å². The quantitative estimate of drug-likeness (QED) is 0.803. The van der Waals surface area contributed by atoms with Gasteiger partial charge in [-0.25, -0.2) is 0 Å². The molecule has 2 aliphatic rings. The molecule has 20 heavy (non-hydrogen) atoms. The van der Waals surface area contributed by atoms with Crippen LogP contribution in [0.25, 0.3) is 0 Å². The standard InChI is InChI=1S/C16H30N2O2/c1-12(2)18-8-6-5-7-14(18)9-13-10-16(3,17-11-13)15(19)20-4/h12-14,17H,5-11H2,1-4H3. The van der Waals surface area contributed by atoms with Crippen LogP contribution in [0.1, 0.15) is 52.9 Å². The predicted octanol–water partition coefficient (Wildman–Crippen LogP) is 2.18. The molecular formula is C16H30N2O2. The third-order valence-electron chi connectivity index (χ3n) is 5.06. The van der Waals surface area contributed by atoms with Crippen LogP contribution in [0.15, 0.2) is 0 Å². The Hall–Kier alpha value is -0.610. The highest BCUT2D eigenvalue weighted by atomic mass is 16.5. The number of methoxy groups -OCH3 is 1. The second-order valence-electron chi connectivity index (χ2n) is 6.99. The lowest BCUT2D eigenvalue weighted by atomic mass is 9.87. The Labute approximate surface area is 123 Å². The van der Waals surface area contributed by atoms with Gasteiger partial charge in [0, 0.05) is 12.1 Å². The lowest BCUT2D eigenvalue weighted by Gasteiger charge is -2.40. The molecule has 0 aromatic carbocycles. The van der Waals surface area contributed by atoms with Crippen LogP contribution in [0.4, 0.5) is 0 Å². The van der Waals surface area contributed by atoms with Crippen LogP contribution in [0.3, 0.4) is 0 Å². The zero-order valence-electron chi connectivity index (χ0n) is 13.4. The van der Waals surface area contributed by atoms with Gasteiger partial charge in [-0.05, 0) is 65.5 Å². The molecule has 0 saturated carbocycles. The monoisotopic (exact) mass is 282 g/mol. The van der Waals surface area contributed by atoms with Crippen molar-refractivity contribution >= 4 is 5.97 Å². The Morgan fingerprint density at radius 3 is 2.85 bits per heavy atom. The van der Waals surface area contributed by atoms with Crippen LogP contribution >= 0.6 is 0 Å². The molecule has 2 heterocycles. The first-order valence-corrected chi connectivity index (χ1v) is 8.05. The highest BCUT2D eigenvalue weighted by Crippen LogP contribution is 2.32. The molecule has 2 aliphatic heterocycles. The maximum atomic E-state index is 11.9. The first-order chi connectivity index (χ1) is 9.46. The number of nitrogens with one attached hydrogen (secondary N) is 1. The second kappa shape index (κ2) is 6.44. The molecule has 116 valence electrons. The van der Waals surface area contributed by atoms with E-state index >= 15 is 0 Å². The minimum Gasteiger partial charge on any atom is -0.468 e. The summed E-state index contributed by atoms with van der Waals surface area (Å²) in [4.78, 5) is 14.5. The average molecular weight is 282 g/mol. The molecule has 1 N–H and O–H groups in total. The average Bonchev–Trinajstić information content (AvgIpc) is 2.81. The molecule has 0 radical (unpaired) electrons. The van der Waals surface area contributed by atoms with Crippen molar-refractivity contribution in [3.63, 3.8) is 0 Å². The van der Waals surface area contributed by atoms with E-state index in [1.165, 1.54) is 39.3 Å². The SMILES string of the molecule is COC(=O)C1(C)CC(CC2CCCCN2C(C)C)CN1. The molecule has 3 unspecified atom stereocenters. The fourth-order valence-electron chi connectivity index (χ4n) is 3.98. The smallest absolute Gasteiger partial charge is 0.325 e. The number of piperidine rings is 1. The van der Waals surface area contributed by atoms with Gasteiger partial charge in [-0.15, -0.1) is 0 Å². The van der Waals surface area contributed by atoms with E-state index < -0.39 is 5.54 Å².